The number of nitrogens with one attached hydrogen (secondary N) is 1. The summed E-state index contributed by atoms with van der Waals surface area (Å²) >= 11 is 2.10. The maximum Gasteiger partial charge on any atom is 0.193 e. The van der Waals surface area contributed by atoms with E-state index in [0.29, 0.717) is 5.92 Å². The van der Waals surface area contributed by atoms with Gasteiger partial charge >= 0.3 is 0 Å². The standard InChI is InChI=1S/C18H33N5S.HI/c1-6-17-13-22(8-9-24-17)18(19-7-2)20-11-14(3)12-23-16(5)10-15(4)21-23;/h10,14,17H,6-9,11-13H2,1-5H3,(H,19,20);1H. The normalized spacial score (nSPS) is 19.5. The lowest BCUT2D eigenvalue weighted by atomic mass is 10.2. The first-order valence-electron chi connectivity index (χ1n) is 9.19. The Morgan fingerprint density at radius 2 is 2.20 bits per heavy atom. The molecule has 0 radical (unpaired) electrons. The highest BCUT2D eigenvalue weighted by molar-refractivity contribution is 14.0. The van der Waals surface area contributed by atoms with Crippen LogP contribution in [-0.4, -0.2) is 57.8 Å². The first-order valence-corrected chi connectivity index (χ1v) is 10.2. The van der Waals surface area contributed by atoms with Crippen molar-refractivity contribution in [3.05, 3.63) is 17.5 Å². The quantitative estimate of drug-likeness (QED) is 0.385. The number of aliphatic imine (C=N–C) groups is 1. The SMILES string of the molecule is CCNC(=NCC(C)Cn1nc(C)cc1C)N1CCSC(CC)C1.I. The molecule has 2 rings (SSSR count). The molecule has 1 aliphatic rings. The maximum absolute atomic E-state index is 4.92. The average molecular weight is 479 g/mol. The van der Waals surface area contributed by atoms with Gasteiger partial charge in [-0.2, -0.15) is 16.9 Å². The molecule has 1 N–H and O–H groups in total. The van der Waals surface area contributed by atoms with Crippen LogP contribution in [0.25, 0.3) is 0 Å². The van der Waals surface area contributed by atoms with Crippen molar-refractivity contribution in [2.45, 2.75) is 52.8 Å². The van der Waals surface area contributed by atoms with Gasteiger partial charge in [0.25, 0.3) is 0 Å². The molecule has 0 aliphatic carbocycles. The number of halogens is 1. The Bertz CT molecular complexity index is 546. The zero-order chi connectivity index (χ0) is 17.5. The summed E-state index contributed by atoms with van der Waals surface area (Å²) in [7, 11) is 0. The van der Waals surface area contributed by atoms with Gasteiger partial charge in [-0.25, -0.2) is 0 Å². The molecule has 1 saturated heterocycles. The maximum atomic E-state index is 4.92. The van der Waals surface area contributed by atoms with Crippen LogP contribution in [0.15, 0.2) is 11.1 Å². The molecule has 2 atom stereocenters. The fourth-order valence-electron chi connectivity index (χ4n) is 3.04. The van der Waals surface area contributed by atoms with E-state index in [9.17, 15) is 0 Å². The van der Waals surface area contributed by atoms with Crippen LogP contribution in [0.4, 0.5) is 0 Å². The number of guanidine groups is 1. The van der Waals surface area contributed by atoms with Gasteiger partial charge in [-0.3, -0.25) is 9.67 Å². The third kappa shape index (κ3) is 7.00. The average Bonchev–Trinajstić information content (AvgIpc) is 2.88. The number of rotatable bonds is 6. The summed E-state index contributed by atoms with van der Waals surface area (Å²) < 4.78 is 2.10. The highest BCUT2D eigenvalue weighted by Gasteiger charge is 2.21. The van der Waals surface area contributed by atoms with Crippen LogP contribution in [0, 0.1) is 19.8 Å². The number of nitrogens with zero attached hydrogens (tertiary/aromatic N) is 4. The third-order valence-corrected chi connectivity index (χ3v) is 5.74. The van der Waals surface area contributed by atoms with Crippen molar-refractivity contribution in [2.75, 3.05) is 31.9 Å². The van der Waals surface area contributed by atoms with E-state index < -0.39 is 0 Å². The van der Waals surface area contributed by atoms with E-state index in [-0.39, 0.29) is 24.0 Å². The van der Waals surface area contributed by atoms with E-state index in [0.717, 1.165) is 49.6 Å². The first kappa shape index (κ1) is 22.6. The number of thioether (sulfide) groups is 1. The Morgan fingerprint density at radius 3 is 2.80 bits per heavy atom. The molecule has 0 amide bonds. The van der Waals surface area contributed by atoms with Crippen molar-refractivity contribution < 1.29 is 0 Å². The molecular weight excluding hydrogens is 445 g/mol. The number of hydrogen-bond donors (Lipinski definition) is 1. The molecule has 5 nitrogen and oxygen atoms in total. The summed E-state index contributed by atoms with van der Waals surface area (Å²) in [4.78, 5) is 7.35. The van der Waals surface area contributed by atoms with Crippen molar-refractivity contribution >= 4 is 41.7 Å². The fraction of sp³-hybridized carbons (Fsp3) is 0.778. The van der Waals surface area contributed by atoms with E-state index in [1.54, 1.807) is 0 Å². The van der Waals surface area contributed by atoms with E-state index in [2.05, 4.69) is 65.5 Å². The molecule has 0 aromatic carbocycles. The molecule has 0 saturated carbocycles. The summed E-state index contributed by atoms with van der Waals surface area (Å²) in [5.41, 5.74) is 2.32. The predicted molar refractivity (Wildman–Crippen MR) is 120 cm³/mol. The van der Waals surface area contributed by atoms with E-state index in [1.165, 1.54) is 17.9 Å². The zero-order valence-corrected chi connectivity index (χ0v) is 19.4. The minimum atomic E-state index is 0. The van der Waals surface area contributed by atoms with Gasteiger partial charge in [0.2, 0.25) is 0 Å². The summed E-state index contributed by atoms with van der Waals surface area (Å²) in [5, 5.41) is 8.77. The Morgan fingerprint density at radius 1 is 1.44 bits per heavy atom. The van der Waals surface area contributed by atoms with Gasteiger partial charge in [0.1, 0.15) is 0 Å². The smallest absolute Gasteiger partial charge is 0.193 e. The molecule has 7 heteroatoms. The lowest BCUT2D eigenvalue weighted by Gasteiger charge is -2.34. The molecule has 25 heavy (non-hydrogen) atoms. The van der Waals surface area contributed by atoms with Crippen LogP contribution < -0.4 is 5.32 Å². The Kier molecular flexibility index (Phi) is 10.2. The van der Waals surface area contributed by atoms with Crippen LogP contribution >= 0.6 is 35.7 Å². The van der Waals surface area contributed by atoms with Crippen molar-refractivity contribution in [1.82, 2.24) is 20.0 Å². The molecule has 2 heterocycles. The molecule has 1 aromatic rings. The number of hydrogen-bond acceptors (Lipinski definition) is 3. The van der Waals surface area contributed by atoms with Crippen LogP contribution in [0.2, 0.25) is 0 Å². The Balaban J connectivity index is 0.00000312. The second-order valence-electron chi connectivity index (χ2n) is 6.76. The van der Waals surface area contributed by atoms with Gasteiger partial charge in [-0.15, -0.1) is 24.0 Å². The van der Waals surface area contributed by atoms with Gasteiger partial charge in [0, 0.05) is 49.4 Å². The second-order valence-corrected chi connectivity index (χ2v) is 8.16. The van der Waals surface area contributed by atoms with Gasteiger partial charge in [0.15, 0.2) is 5.96 Å². The van der Waals surface area contributed by atoms with Crippen molar-refractivity contribution in [3.8, 4) is 0 Å². The summed E-state index contributed by atoms with van der Waals surface area (Å²) in [6.07, 6.45) is 1.23. The van der Waals surface area contributed by atoms with E-state index in [4.69, 9.17) is 4.99 Å². The van der Waals surface area contributed by atoms with Crippen LogP contribution in [0.3, 0.4) is 0 Å². The van der Waals surface area contributed by atoms with Crippen LogP contribution in [-0.2, 0) is 6.54 Å². The van der Waals surface area contributed by atoms with Crippen molar-refractivity contribution in [1.29, 1.82) is 0 Å². The molecule has 0 spiro atoms. The molecule has 1 fully saturated rings. The minimum absolute atomic E-state index is 0. The van der Waals surface area contributed by atoms with E-state index in [1.807, 2.05) is 6.92 Å². The molecule has 2 unspecified atom stereocenters. The van der Waals surface area contributed by atoms with Crippen molar-refractivity contribution in [2.24, 2.45) is 10.9 Å². The lowest BCUT2D eigenvalue weighted by Crippen LogP contribution is -2.48. The number of aromatic nitrogens is 2. The molecular formula is C18H34IN5S. The summed E-state index contributed by atoms with van der Waals surface area (Å²) in [6.45, 7) is 15.7. The monoisotopic (exact) mass is 479 g/mol. The lowest BCUT2D eigenvalue weighted by molar-refractivity contribution is 0.401. The highest BCUT2D eigenvalue weighted by Crippen LogP contribution is 2.21. The summed E-state index contributed by atoms with van der Waals surface area (Å²) in [5.74, 6) is 2.75. The molecule has 1 aliphatic heterocycles. The second kappa shape index (κ2) is 11.3. The molecule has 144 valence electrons. The van der Waals surface area contributed by atoms with Crippen LogP contribution in [0.1, 0.15) is 38.6 Å². The van der Waals surface area contributed by atoms with Gasteiger partial charge in [-0.1, -0.05) is 13.8 Å². The minimum Gasteiger partial charge on any atom is -0.357 e. The first-order chi connectivity index (χ1) is 11.5. The third-order valence-electron chi connectivity index (χ3n) is 4.37. The van der Waals surface area contributed by atoms with Gasteiger partial charge in [0.05, 0.1) is 5.69 Å². The van der Waals surface area contributed by atoms with E-state index >= 15 is 0 Å². The van der Waals surface area contributed by atoms with Gasteiger partial charge < -0.3 is 10.2 Å². The van der Waals surface area contributed by atoms with Crippen LogP contribution in [0.5, 0.6) is 0 Å². The fourth-order valence-corrected chi connectivity index (χ4v) is 4.22. The summed E-state index contributed by atoms with van der Waals surface area (Å²) in [6, 6.07) is 2.14. The molecule has 1 aromatic heterocycles. The number of aryl methyl sites for hydroxylation is 2. The van der Waals surface area contributed by atoms with Gasteiger partial charge in [-0.05, 0) is 39.2 Å². The topological polar surface area (TPSA) is 45.5 Å². The molecule has 0 bridgehead atoms. The van der Waals surface area contributed by atoms with Crippen molar-refractivity contribution in [3.63, 3.8) is 0 Å². The Labute approximate surface area is 174 Å². The Hall–Kier alpha value is -0.440. The zero-order valence-electron chi connectivity index (χ0n) is 16.3. The largest absolute Gasteiger partial charge is 0.357 e. The predicted octanol–water partition coefficient (Wildman–Crippen LogP) is 3.55. The highest BCUT2D eigenvalue weighted by atomic mass is 127.